The molecular weight excluding hydrogens is 231 g/mol. The van der Waals surface area contributed by atoms with Crippen molar-refractivity contribution in [2.75, 3.05) is 13.1 Å². The molecule has 0 spiro atoms. The molecule has 0 fully saturated rings. The van der Waals surface area contributed by atoms with E-state index in [1.54, 1.807) is 12.1 Å². The lowest BCUT2D eigenvalue weighted by molar-refractivity contribution is -0.120. The van der Waals surface area contributed by atoms with Crippen LogP contribution in [0.4, 0.5) is 4.39 Å². The fourth-order valence-corrected chi connectivity index (χ4v) is 1.58. The van der Waals surface area contributed by atoms with Crippen LogP contribution in [-0.2, 0) is 4.79 Å². The van der Waals surface area contributed by atoms with Gasteiger partial charge in [-0.25, -0.2) is 4.39 Å². The molecule has 0 radical (unpaired) electrons. The summed E-state index contributed by atoms with van der Waals surface area (Å²) in [4.78, 5) is 11.5. The molecular formula is C14H21FN2O. The van der Waals surface area contributed by atoms with Gasteiger partial charge in [0.25, 0.3) is 0 Å². The summed E-state index contributed by atoms with van der Waals surface area (Å²) in [7, 11) is 0. The maximum absolute atomic E-state index is 12.8. The van der Waals surface area contributed by atoms with E-state index in [1.165, 1.54) is 12.1 Å². The van der Waals surface area contributed by atoms with Crippen molar-refractivity contribution >= 4 is 5.91 Å². The minimum atomic E-state index is -0.247. The minimum Gasteiger partial charge on any atom is -0.355 e. The topological polar surface area (TPSA) is 41.1 Å². The summed E-state index contributed by atoms with van der Waals surface area (Å²) in [5.41, 5.74) is 0.970. The lowest BCUT2D eigenvalue weighted by Gasteiger charge is -2.14. The largest absolute Gasteiger partial charge is 0.355 e. The third-order valence-corrected chi connectivity index (χ3v) is 2.79. The Balaban J connectivity index is 2.30. The Hall–Kier alpha value is -1.42. The van der Waals surface area contributed by atoms with E-state index < -0.39 is 0 Å². The van der Waals surface area contributed by atoms with Gasteiger partial charge in [-0.15, -0.1) is 0 Å². The number of carbonyl (C=O) groups excluding carboxylic acids is 1. The molecule has 0 bridgehead atoms. The van der Waals surface area contributed by atoms with E-state index in [0.29, 0.717) is 0 Å². The number of amides is 1. The molecule has 0 heterocycles. The first-order valence-electron chi connectivity index (χ1n) is 6.39. The fraction of sp³-hybridized carbons (Fsp3) is 0.500. The highest BCUT2D eigenvalue weighted by Crippen LogP contribution is 2.12. The van der Waals surface area contributed by atoms with E-state index in [2.05, 4.69) is 17.6 Å². The van der Waals surface area contributed by atoms with Crippen molar-refractivity contribution in [3.8, 4) is 0 Å². The fourth-order valence-electron chi connectivity index (χ4n) is 1.58. The van der Waals surface area contributed by atoms with Gasteiger partial charge in [0, 0.05) is 12.6 Å². The van der Waals surface area contributed by atoms with Crippen LogP contribution in [-0.4, -0.2) is 19.0 Å². The highest BCUT2D eigenvalue weighted by molar-refractivity contribution is 5.77. The van der Waals surface area contributed by atoms with Crippen molar-refractivity contribution in [2.45, 2.75) is 32.7 Å². The highest BCUT2D eigenvalue weighted by Gasteiger charge is 2.07. The normalized spacial score (nSPS) is 12.2. The van der Waals surface area contributed by atoms with Crippen LogP contribution in [0, 0.1) is 5.82 Å². The Kier molecular flexibility index (Phi) is 6.36. The SMILES string of the molecule is CCCCNC(=O)CN[C@H](C)c1ccc(F)cc1. The smallest absolute Gasteiger partial charge is 0.233 e. The molecule has 4 heteroatoms. The summed E-state index contributed by atoms with van der Waals surface area (Å²) in [6, 6.07) is 6.33. The van der Waals surface area contributed by atoms with E-state index in [1.807, 2.05) is 6.92 Å². The van der Waals surface area contributed by atoms with E-state index >= 15 is 0 Å². The molecule has 0 unspecified atom stereocenters. The molecule has 1 rings (SSSR count). The Morgan fingerprint density at radius 3 is 2.61 bits per heavy atom. The molecule has 1 aromatic carbocycles. The van der Waals surface area contributed by atoms with Crippen LogP contribution in [0.3, 0.4) is 0 Å². The van der Waals surface area contributed by atoms with Gasteiger partial charge in [0.05, 0.1) is 6.54 Å². The third kappa shape index (κ3) is 5.27. The van der Waals surface area contributed by atoms with Crippen LogP contribution in [0.25, 0.3) is 0 Å². The van der Waals surface area contributed by atoms with Crippen LogP contribution >= 0.6 is 0 Å². The molecule has 3 nitrogen and oxygen atoms in total. The zero-order valence-corrected chi connectivity index (χ0v) is 11.0. The van der Waals surface area contributed by atoms with Gasteiger partial charge in [-0.2, -0.15) is 0 Å². The van der Waals surface area contributed by atoms with E-state index in [0.717, 1.165) is 24.9 Å². The Labute approximate surface area is 108 Å². The van der Waals surface area contributed by atoms with Crippen LogP contribution in [0.2, 0.25) is 0 Å². The maximum Gasteiger partial charge on any atom is 0.233 e. The molecule has 18 heavy (non-hydrogen) atoms. The second kappa shape index (κ2) is 7.82. The van der Waals surface area contributed by atoms with E-state index in [-0.39, 0.29) is 24.3 Å². The number of nitrogens with one attached hydrogen (secondary N) is 2. The molecule has 0 saturated carbocycles. The molecule has 1 aromatic rings. The van der Waals surface area contributed by atoms with Crippen molar-refractivity contribution < 1.29 is 9.18 Å². The number of rotatable bonds is 7. The first-order valence-corrected chi connectivity index (χ1v) is 6.39. The zero-order chi connectivity index (χ0) is 13.4. The van der Waals surface area contributed by atoms with Crippen molar-refractivity contribution in [3.63, 3.8) is 0 Å². The number of hydrogen-bond donors (Lipinski definition) is 2. The quantitative estimate of drug-likeness (QED) is 0.732. The van der Waals surface area contributed by atoms with Crippen LogP contribution in [0.1, 0.15) is 38.3 Å². The van der Waals surface area contributed by atoms with Crippen molar-refractivity contribution in [3.05, 3.63) is 35.6 Å². The first kappa shape index (κ1) is 14.6. The highest BCUT2D eigenvalue weighted by atomic mass is 19.1. The van der Waals surface area contributed by atoms with Gasteiger partial charge in [0.2, 0.25) is 5.91 Å². The van der Waals surface area contributed by atoms with Gasteiger partial charge in [-0.1, -0.05) is 25.5 Å². The van der Waals surface area contributed by atoms with Crippen molar-refractivity contribution in [1.29, 1.82) is 0 Å². The van der Waals surface area contributed by atoms with Gasteiger partial charge >= 0.3 is 0 Å². The van der Waals surface area contributed by atoms with Gasteiger partial charge in [-0.3, -0.25) is 4.79 Å². The van der Waals surface area contributed by atoms with Crippen molar-refractivity contribution in [1.82, 2.24) is 10.6 Å². The standard InChI is InChI=1S/C14H21FN2O/c1-3-4-9-16-14(18)10-17-11(2)12-5-7-13(15)8-6-12/h5-8,11,17H,3-4,9-10H2,1-2H3,(H,16,18)/t11-/m1/s1. The lowest BCUT2D eigenvalue weighted by Crippen LogP contribution is -2.35. The van der Waals surface area contributed by atoms with Crippen LogP contribution in [0.15, 0.2) is 24.3 Å². The number of benzene rings is 1. The summed E-state index contributed by atoms with van der Waals surface area (Å²) in [5, 5.41) is 5.95. The number of hydrogen-bond acceptors (Lipinski definition) is 2. The summed E-state index contributed by atoms with van der Waals surface area (Å²) < 4.78 is 12.8. The van der Waals surface area contributed by atoms with E-state index in [4.69, 9.17) is 0 Å². The molecule has 1 atom stereocenters. The zero-order valence-electron chi connectivity index (χ0n) is 11.0. The molecule has 0 aliphatic rings. The summed E-state index contributed by atoms with van der Waals surface area (Å²) >= 11 is 0. The second-order valence-corrected chi connectivity index (χ2v) is 4.36. The molecule has 100 valence electrons. The first-order chi connectivity index (χ1) is 8.63. The number of unbranched alkanes of at least 4 members (excludes halogenated alkanes) is 1. The summed E-state index contributed by atoms with van der Waals surface area (Å²) in [6.45, 7) is 5.04. The predicted molar refractivity (Wildman–Crippen MR) is 70.7 cm³/mol. The maximum atomic E-state index is 12.8. The van der Waals surface area contributed by atoms with Gasteiger partial charge in [-0.05, 0) is 31.0 Å². The van der Waals surface area contributed by atoms with Gasteiger partial charge < -0.3 is 10.6 Å². The predicted octanol–water partition coefficient (Wildman–Crippen LogP) is 2.39. The monoisotopic (exact) mass is 252 g/mol. The Morgan fingerprint density at radius 2 is 2.00 bits per heavy atom. The molecule has 2 N–H and O–H groups in total. The lowest BCUT2D eigenvalue weighted by atomic mass is 10.1. The number of halogens is 1. The van der Waals surface area contributed by atoms with E-state index in [9.17, 15) is 9.18 Å². The molecule has 0 aromatic heterocycles. The minimum absolute atomic E-state index is 0.00240. The molecule has 0 aliphatic carbocycles. The Morgan fingerprint density at radius 1 is 1.33 bits per heavy atom. The van der Waals surface area contributed by atoms with Crippen LogP contribution < -0.4 is 10.6 Å². The third-order valence-electron chi connectivity index (χ3n) is 2.79. The molecule has 1 amide bonds. The van der Waals surface area contributed by atoms with Gasteiger partial charge in [0.1, 0.15) is 5.82 Å². The number of carbonyl (C=O) groups is 1. The van der Waals surface area contributed by atoms with Crippen molar-refractivity contribution in [2.24, 2.45) is 0 Å². The van der Waals surface area contributed by atoms with Gasteiger partial charge in [0.15, 0.2) is 0 Å². The molecule has 0 saturated heterocycles. The summed E-state index contributed by atoms with van der Waals surface area (Å²) in [5.74, 6) is -0.249. The van der Waals surface area contributed by atoms with Crippen LogP contribution in [0.5, 0.6) is 0 Å². The molecule has 0 aliphatic heterocycles. The Bertz CT molecular complexity index is 365. The summed E-state index contributed by atoms with van der Waals surface area (Å²) in [6.07, 6.45) is 2.07. The average molecular weight is 252 g/mol. The average Bonchev–Trinajstić information content (AvgIpc) is 2.37. The second-order valence-electron chi connectivity index (χ2n) is 4.36.